The number of rotatable bonds is 5. The Morgan fingerprint density at radius 2 is 2.11 bits per heavy atom. The van der Waals surface area contributed by atoms with E-state index in [0.29, 0.717) is 18.8 Å². The summed E-state index contributed by atoms with van der Waals surface area (Å²) in [7, 11) is 1.81. The maximum absolute atomic E-state index is 11.5. The monoisotopic (exact) mass is 246 g/mol. The van der Waals surface area contributed by atoms with Gasteiger partial charge in [0.05, 0.1) is 0 Å². The number of benzene rings is 1. The molecule has 6 nitrogen and oxygen atoms in total. The molecule has 0 radical (unpaired) electrons. The lowest BCUT2D eigenvalue weighted by molar-refractivity contribution is -0.116. The zero-order valence-electron chi connectivity index (χ0n) is 10.0. The van der Waals surface area contributed by atoms with Crippen LogP contribution in [0, 0.1) is 0 Å². The van der Waals surface area contributed by atoms with Gasteiger partial charge in [0.15, 0.2) is 0 Å². The first-order valence-corrected chi connectivity index (χ1v) is 5.61. The molecule has 0 atom stereocenters. The quantitative estimate of drug-likeness (QED) is 0.830. The minimum atomic E-state index is -0.0170. The van der Waals surface area contributed by atoms with Crippen molar-refractivity contribution in [3.63, 3.8) is 0 Å². The smallest absolute Gasteiger partial charge is 0.225 e. The van der Waals surface area contributed by atoms with E-state index >= 15 is 0 Å². The number of hydrogen-bond acceptors (Lipinski definition) is 5. The molecular formula is C12H14N4O2. The summed E-state index contributed by atoms with van der Waals surface area (Å²) in [5, 5.41) is 9.47. The lowest BCUT2D eigenvalue weighted by Crippen LogP contribution is -2.18. The van der Waals surface area contributed by atoms with Crippen LogP contribution < -0.4 is 10.6 Å². The lowest BCUT2D eigenvalue weighted by Gasteiger charge is -2.05. The van der Waals surface area contributed by atoms with Crippen molar-refractivity contribution in [3.05, 3.63) is 30.7 Å². The van der Waals surface area contributed by atoms with Crippen molar-refractivity contribution >= 4 is 11.6 Å². The van der Waals surface area contributed by atoms with E-state index in [1.165, 1.54) is 6.39 Å². The van der Waals surface area contributed by atoms with Crippen molar-refractivity contribution in [1.82, 2.24) is 15.5 Å². The summed E-state index contributed by atoms with van der Waals surface area (Å²) in [5.41, 5.74) is 1.60. The van der Waals surface area contributed by atoms with E-state index in [0.717, 1.165) is 11.3 Å². The van der Waals surface area contributed by atoms with Gasteiger partial charge in [-0.25, -0.2) is 0 Å². The minimum absolute atomic E-state index is 0.0170. The molecule has 0 aliphatic carbocycles. The molecule has 0 bridgehead atoms. The van der Waals surface area contributed by atoms with Gasteiger partial charge in [0.2, 0.25) is 18.1 Å². The first-order valence-electron chi connectivity index (χ1n) is 5.61. The van der Waals surface area contributed by atoms with Crippen LogP contribution >= 0.6 is 0 Å². The summed E-state index contributed by atoms with van der Waals surface area (Å²) in [5.74, 6) is 0.514. The van der Waals surface area contributed by atoms with E-state index in [9.17, 15) is 4.79 Å². The molecule has 94 valence electrons. The maximum atomic E-state index is 11.5. The van der Waals surface area contributed by atoms with Crippen LogP contribution in [0.15, 0.2) is 35.2 Å². The van der Waals surface area contributed by atoms with Gasteiger partial charge >= 0.3 is 0 Å². The molecule has 1 aromatic heterocycles. The van der Waals surface area contributed by atoms with Gasteiger partial charge < -0.3 is 15.2 Å². The SMILES string of the molecule is CNCCC(=O)Nc1ccc(-c2ncon2)cc1. The number of hydrogen-bond donors (Lipinski definition) is 2. The van der Waals surface area contributed by atoms with Gasteiger partial charge in [-0.15, -0.1) is 0 Å². The van der Waals surface area contributed by atoms with E-state index in [4.69, 9.17) is 0 Å². The third-order valence-corrected chi connectivity index (χ3v) is 2.39. The van der Waals surface area contributed by atoms with Gasteiger partial charge in [-0.3, -0.25) is 4.79 Å². The van der Waals surface area contributed by atoms with E-state index in [1.54, 1.807) is 0 Å². The van der Waals surface area contributed by atoms with Gasteiger partial charge in [0.1, 0.15) is 0 Å². The predicted octanol–water partition coefficient (Wildman–Crippen LogP) is 1.28. The number of carbonyl (C=O) groups is 1. The van der Waals surface area contributed by atoms with Gasteiger partial charge in [0, 0.05) is 24.2 Å². The van der Waals surface area contributed by atoms with E-state index < -0.39 is 0 Å². The standard InChI is InChI=1S/C12H14N4O2/c1-13-7-6-11(17)15-10-4-2-9(3-5-10)12-14-8-18-16-12/h2-5,8,13H,6-7H2,1H3,(H,15,17). The van der Waals surface area contributed by atoms with Gasteiger partial charge in [0.25, 0.3) is 0 Å². The second-order valence-electron chi connectivity index (χ2n) is 3.73. The molecule has 2 rings (SSSR count). The number of carbonyl (C=O) groups excluding carboxylic acids is 1. The van der Waals surface area contributed by atoms with Crippen molar-refractivity contribution in [3.8, 4) is 11.4 Å². The van der Waals surface area contributed by atoms with Crippen molar-refractivity contribution in [2.75, 3.05) is 18.9 Å². The van der Waals surface area contributed by atoms with Crippen LogP contribution in [0.3, 0.4) is 0 Å². The summed E-state index contributed by atoms with van der Waals surface area (Å²) < 4.78 is 4.67. The highest BCUT2D eigenvalue weighted by atomic mass is 16.5. The maximum Gasteiger partial charge on any atom is 0.225 e. The summed E-state index contributed by atoms with van der Waals surface area (Å²) in [6.07, 6.45) is 1.73. The molecule has 0 aliphatic rings. The molecule has 0 aliphatic heterocycles. The van der Waals surface area contributed by atoms with Crippen LogP contribution in [-0.2, 0) is 4.79 Å². The predicted molar refractivity (Wildman–Crippen MR) is 66.9 cm³/mol. The number of nitrogens with zero attached hydrogens (tertiary/aromatic N) is 2. The zero-order valence-corrected chi connectivity index (χ0v) is 10.0. The fourth-order valence-electron chi connectivity index (χ4n) is 1.46. The van der Waals surface area contributed by atoms with Gasteiger partial charge in [-0.2, -0.15) is 4.98 Å². The highest BCUT2D eigenvalue weighted by Gasteiger charge is 2.04. The average molecular weight is 246 g/mol. The Labute approximate surface area is 104 Å². The number of amides is 1. The Bertz CT molecular complexity index is 493. The van der Waals surface area contributed by atoms with Crippen LogP contribution in [0.25, 0.3) is 11.4 Å². The highest BCUT2D eigenvalue weighted by molar-refractivity contribution is 5.91. The number of aromatic nitrogens is 2. The molecule has 0 fully saturated rings. The first-order chi connectivity index (χ1) is 8.79. The summed E-state index contributed by atoms with van der Waals surface area (Å²) in [6, 6.07) is 7.28. The molecule has 2 N–H and O–H groups in total. The fraction of sp³-hybridized carbons (Fsp3) is 0.250. The van der Waals surface area contributed by atoms with Crippen LogP contribution in [0.5, 0.6) is 0 Å². The normalized spacial score (nSPS) is 10.3. The van der Waals surface area contributed by atoms with E-state index in [-0.39, 0.29) is 5.91 Å². The lowest BCUT2D eigenvalue weighted by atomic mass is 10.2. The molecule has 2 aromatic rings. The molecule has 18 heavy (non-hydrogen) atoms. The van der Waals surface area contributed by atoms with Gasteiger partial charge in [-0.1, -0.05) is 5.16 Å². The molecule has 1 amide bonds. The van der Waals surface area contributed by atoms with E-state index in [1.807, 2.05) is 31.3 Å². The average Bonchev–Trinajstić information content (AvgIpc) is 2.91. The summed E-state index contributed by atoms with van der Waals surface area (Å²) in [6.45, 7) is 0.660. The Morgan fingerprint density at radius 3 is 2.72 bits per heavy atom. The highest BCUT2D eigenvalue weighted by Crippen LogP contribution is 2.17. The molecule has 0 spiro atoms. The molecule has 6 heteroatoms. The zero-order chi connectivity index (χ0) is 12.8. The van der Waals surface area contributed by atoms with Crippen LogP contribution in [-0.4, -0.2) is 29.6 Å². The Morgan fingerprint density at radius 1 is 1.33 bits per heavy atom. The third kappa shape index (κ3) is 3.14. The van der Waals surface area contributed by atoms with Crippen molar-refractivity contribution in [2.45, 2.75) is 6.42 Å². The van der Waals surface area contributed by atoms with Crippen molar-refractivity contribution in [1.29, 1.82) is 0 Å². The van der Waals surface area contributed by atoms with Crippen LogP contribution in [0.4, 0.5) is 5.69 Å². The summed E-state index contributed by atoms with van der Waals surface area (Å²) >= 11 is 0. The molecule has 0 unspecified atom stereocenters. The molecule has 1 heterocycles. The topological polar surface area (TPSA) is 80.0 Å². The van der Waals surface area contributed by atoms with Crippen molar-refractivity contribution in [2.24, 2.45) is 0 Å². The van der Waals surface area contributed by atoms with Crippen LogP contribution in [0.1, 0.15) is 6.42 Å². The Kier molecular flexibility index (Phi) is 4.03. The number of nitrogens with one attached hydrogen (secondary N) is 2. The Balaban J connectivity index is 1.98. The second kappa shape index (κ2) is 5.92. The Hall–Kier alpha value is -2.21. The minimum Gasteiger partial charge on any atom is -0.342 e. The fourth-order valence-corrected chi connectivity index (χ4v) is 1.46. The molecule has 0 saturated heterocycles. The van der Waals surface area contributed by atoms with Crippen molar-refractivity contribution < 1.29 is 9.32 Å². The van der Waals surface area contributed by atoms with E-state index in [2.05, 4.69) is 25.3 Å². The molecule has 0 saturated carbocycles. The van der Waals surface area contributed by atoms with Gasteiger partial charge in [-0.05, 0) is 31.3 Å². The number of anilines is 1. The summed E-state index contributed by atoms with van der Waals surface area (Å²) in [4.78, 5) is 15.4. The first kappa shape index (κ1) is 12.3. The van der Waals surface area contributed by atoms with Crippen LogP contribution in [0.2, 0.25) is 0 Å². The molecular weight excluding hydrogens is 232 g/mol. The second-order valence-corrected chi connectivity index (χ2v) is 3.73. The molecule has 1 aromatic carbocycles. The third-order valence-electron chi connectivity index (χ3n) is 2.39. The largest absolute Gasteiger partial charge is 0.342 e.